The number of nitrogens with zero attached hydrogens (tertiary/aromatic N) is 1. The van der Waals surface area contributed by atoms with E-state index >= 15 is 0 Å². The number of pyridine rings is 1. The standard InChI is InChI=1S/C17H24N2O2/c1-4-7-19-16(17-13(3)6-9-21-17)14-10-15(12-18-11-14)20-8-5-2/h6,9-12,16,19H,4-5,7-8H2,1-3H3. The third-order valence-corrected chi connectivity index (χ3v) is 3.30. The third kappa shape index (κ3) is 4.08. The van der Waals surface area contributed by atoms with Crippen molar-refractivity contribution in [2.24, 2.45) is 0 Å². The number of hydrogen-bond donors (Lipinski definition) is 1. The molecule has 0 radical (unpaired) electrons. The SMILES string of the molecule is CCCNC(c1cncc(OCCC)c1)c1occc1C. The van der Waals surface area contributed by atoms with E-state index in [1.807, 2.05) is 18.3 Å². The van der Waals surface area contributed by atoms with Crippen LogP contribution in [0.25, 0.3) is 0 Å². The molecule has 2 aromatic heterocycles. The van der Waals surface area contributed by atoms with Gasteiger partial charge >= 0.3 is 0 Å². The van der Waals surface area contributed by atoms with Gasteiger partial charge in [-0.05, 0) is 49.6 Å². The molecule has 0 saturated carbocycles. The number of nitrogens with one attached hydrogen (secondary N) is 1. The zero-order valence-electron chi connectivity index (χ0n) is 13.1. The summed E-state index contributed by atoms with van der Waals surface area (Å²) in [5.41, 5.74) is 2.21. The average Bonchev–Trinajstić information content (AvgIpc) is 2.92. The molecule has 1 unspecified atom stereocenters. The first-order valence-corrected chi connectivity index (χ1v) is 7.61. The van der Waals surface area contributed by atoms with Gasteiger partial charge in [0.25, 0.3) is 0 Å². The summed E-state index contributed by atoms with van der Waals surface area (Å²) in [5.74, 6) is 1.75. The van der Waals surface area contributed by atoms with E-state index in [-0.39, 0.29) is 6.04 Å². The normalized spacial score (nSPS) is 12.3. The molecule has 4 nitrogen and oxygen atoms in total. The lowest BCUT2D eigenvalue weighted by Gasteiger charge is -2.18. The number of aromatic nitrogens is 1. The van der Waals surface area contributed by atoms with Crippen LogP contribution in [0.3, 0.4) is 0 Å². The zero-order chi connectivity index (χ0) is 15.1. The first-order chi connectivity index (χ1) is 10.3. The lowest BCUT2D eigenvalue weighted by Crippen LogP contribution is -2.23. The van der Waals surface area contributed by atoms with Gasteiger partial charge < -0.3 is 14.5 Å². The van der Waals surface area contributed by atoms with Crippen LogP contribution in [-0.2, 0) is 0 Å². The molecule has 1 atom stereocenters. The minimum absolute atomic E-state index is 0.0117. The van der Waals surface area contributed by atoms with Crippen molar-refractivity contribution >= 4 is 0 Å². The minimum Gasteiger partial charge on any atom is -0.492 e. The van der Waals surface area contributed by atoms with E-state index in [1.165, 1.54) is 0 Å². The molecule has 1 N–H and O–H groups in total. The van der Waals surface area contributed by atoms with Crippen molar-refractivity contribution < 1.29 is 9.15 Å². The molecule has 0 aromatic carbocycles. The van der Waals surface area contributed by atoms with Crippen molar-refractivity contribution in [3.05, 3.63) is 47.7 Å². The van der Waals surface area contributed by atoms with Crippen LogP contribution in [0.15, 0.2) is 35.2 Å². The highest BCUT2D eigenvalue weighted by Gasteiger charge is 2.19. The number of aryl methyl sites for hydroxylation is 1. The van der Waals surface area contributed by atoms with E-state index in [0.717, 1.165) is 42.0 Å². The van der Waals surface area contributed by atoms with Gasteiger partial charge in [0.1, 0.15) is 11.5 Å². The van der Waals surface area contributed by atoms with Crippen molar-refractivity contribution in [2.45, 2.75) is 39.7 Å². The largest absolute Gasteiger partial charge is 0.492 e. The first kappa shape index (κ1) is 15.6. The molecule has 2 aromatic rings. The second-order valence-corrected chi connectivity index (χ2v) is 5.16. The number of furan rings is 1. The molecule has 2 rings (SSSR count). The van der Waals surface area contributed by atoms with Gasteiger partial charge in [-0.25, -0.2) is 0 Å². The van der Waals surface area contributed by atoms with Crippen LogP contribution in [0.5, 0.6) is 5.75 Å². The number of rotatable bonds is 8. The summed E-state index contributed by atoms with van der Waals surface area (Å²) < 4.78 is 11.3. The quantitative estimate of drug-likeness (QED) is 0.801. The van der Waals surface area contributed by atoms with Crippen LogP contribution in [0.4, 0.5) is 0 Å². The molecule has 0 aliphatic rings. The van der Waals surface area contributed by atoms with E-state index in [1.54, 1.807) is 12.5 Å². The Bertz CT molecular complexity index is 551. The Morgan fingerprint density at radius 3 is 2.81 bits per heavy atom. The highest BCUT2D eigenvalue weighted by molar-refractivity contribution is 5.33. The molecule has 0 fully saturated rings. The van der Waals surface area contributed by atoms with Crippen molar-refractivity contribution in [3.63, 3.8) is 0 Å². The Morgan fingerprint density at radius 1 is 1.29 bits per heavy atom. The van der Waals surface area contributed by atoms with Gasteiger partial charge in [0.2, 0.25) is 0 Å². The molecular weight excluding hydrogens is 264 g/mol. The zero-order valence-corrected chi connectivity index (χ0v) is 13.1. The highest BCUT2D eigenvalue weighted by Crippen LogP contribution is 2.27. The fraction of sp³-hybridized carbons (Fsp3) is 0.471. The van der Waals surface area contributed by atoms with E-state index in [2.05, 4.69) is 31.1 Å². The van der Waals surface area contributed by atoms with Gasteiger partial charge in [0.15, 0.2) is 0 Å². The van der Waals surface area contributed by atoms with Crippen LogP contribution in [-0.4, -0.2) is 18.1 Å². The van der Waals surface area contributed by atoms with Crippen LogP contribution in [0.2, 0.25) is 0 Å². The maximum absolute atomic E-state index is 5.68. The van der Waals surface area contributed by atoms with E-state index in [0.29, 0.717) is 6.61 Å². The maximum Gasteiger partial charge on any atom is 0.137 e. The van der Waals surface area contributed by atoms with Gasteiger partial charge in [0.05, 0.1) is 25.1 Å². The van der Waals surface area contributed by atoms with E-state index in [9.17, 15) is 0 Å². The molecule has 4 heteroatoms. The predicted octanol–water partition coefficient (Wildman–Crippen LogP) is 3.86. The Morgan fingerprint density at radius 2 is 2.14 bits per heavy atom. The van der Waals surface area contributed by atoms with Crippen LogP contribution >= 0.6 is 0 Å². The Kier molecular flexibility index (Phi) is 5.81. The van der Waals surface area contributed by atoms with Crippen molar-refractivity contribution in [1.82, 2.24) is 10.3 Å². The molecule has 0 bridgehead atoms. The summed E-state index contributed by atoms with van der Waals surface area (Å²) in [4.78, 5) is 4.30. The summed E-state index contributed by atoms with van der Waals surface area (Å²) in [6.07, 6.45) is 7.41. The van der Waals surface area contributed by atoms with Gasteiger partial charge in [-0.3, -0.25) is 4.98 Å². The minimum atomic E-state index is 0.0117. The molecule has 0 amide bonds. The molecule has 0 saturated heterocycles. The number of hydrogen-bond acceptors (Lipinski definition) is 4. The maximum atomic E-state index is 5.68. The monoisotopic (exact) mass is 288 g/mol. The molecule has 114 valence electrons. The first-order valence-electron chi connectivity index (χ1n) is 7.61. The van der Waals surface area contributed by atoms with Crippen molar-refractivity contribution in [3.8, 4) is 5.75 Å². The fourth-order valence-corrected chi connectivity index (χ4v) is 2.22. The summed E-state index contributed by atoms with van der Waals surface area (Å²) in [6, 6.07) is 4.04. The van der Waals surface area contributed by atoms with Gasteiger partial charge in [-0.2, -0.15) is 0 Å². The molecular formula is C17H24N2O2. The van der Waals surface area contributed by atoms with Crippen LogP contribution in [0.1, 0.15) is 49.6 Å². The van der Waals surface area contributed by atoms with Crippen molar-refractivity contribution in [2.75, 3.05) is 13.2 Å². The van der Waals surface area contributed by atoms with Crippen LogP contribution < -0.4 is 10.1 Å². The summed E-state index contributed by atoms with van der Waals surface area (Å²) in [6.45, 7) is 7.93. The summed E-state index contributed by atoms with van der Waals surface area (Å²) >= 11 is 0. The van der Waals surface area contributed by atoms with Gasteiger partial charge in [-0.1, -0.05) is 13.8 Å². The van der Waals surface area contributed by atoms with Gasteiger partial charge in [-0.15, -0.1) is 0 Å². The smallest absolute Gasteiger partial charge is 0.137 e. The third-order valence-electron chi connectivity index (χ3n) is 3.30. The Balaban J connectivity index is 2.26. The second kappa shape index (κ2) is 7.84. The lowest BCUT2D eigenvalue weighted by atomic mass is 10.0. The highest BCUT2D eigenvalue weighted by atomic mass is 16.5. The van der Waals surface area contributed by atoms with Crippen molar-refractivity contribution in [1.29, 1.82) is 0 Å². The average molecular weight is 288 g/mol. The summed E-state index contributed by atoms with van der Waals surface area (Å²) in [7, 11) is 0. The molecule has 0 spiro atoms. The lowest BCUT2D eigenvalue weighted by molar-refractivity contribution is 0.315. The summed E-state index contributed by atoms with van der Waals surface area (Å²) in [5, 5.41) is 3.52. The van der Waals surface area contributed by atoms with E-state index in [4.69, 9.17) is 9.15 Å². The Labute approximate surface area is 126 Å². The topological polar surface area (TPSA) is 47.3 Å². The van der Waals surface area contributed by atoms with Crippen LogP contribution in [0, 0.1) is 6.92 Å². The fourth-order valence-electron chi connectivity index (χ4n) is 2.22. The molecule has 2 heterocycles. The predicted molar refractivity (Wildman–Crippen MR) is 83.6 cm³/mol. The van der Waals surface area contributed by atoms with E-state index < -0.39 is 0 Å². The number of ether oxygens (including phenoxy) is 1. The molecule has 21 heavy (non-hydrogen) atoms. The molecule has 0 aliphatic heterocycles. The second-order valence-electron chi connectivity index (χ2n) is 5.16. The Hall–Kier alpha value is -1.81. The van der Waals surface area contributed by atoms with Gasteiger partial charge in [0, 0.05) is 6.20 Å². The molecule has 0 aliphatic carbocycles.